The summed E-state index contributed by atoms with van der Waals surface area (Å²) in [6.07, 6.45) is 1.85. The SMILES string of the molecule is Br.CC(C)Cc1ccc(-c2csc(N3N=C(c4cccs4)CC3c3ccc(F)cc3)n2)cc1. The number of aromatic nitrogens is 1. The third kappa shape index (κ3) is 5.26. The first-order valence-corrected chi connectivity index (χ1v) is 12.5. The van der Waals surface area contributed by atoms with Gasteiger partial charge in [-0.3, -0.25) is 0 Å². The van der Waals surface area contributed by atoms with Crippen molar-refractivity contribution in [2.24, 2.45) is 11.0 Å². The van der Waals surface area contributed by atoms with Crippen molar-refractivity contribution in [1.29, 1.82) is 0 Å². The van der Waals surface area contributed by atoms with E-state index < -0.39 is 0 Å². The molecular weight excluding hydrogens is 517 g/mol. The predicted octanol–water partition coefficient (Wildman–Crippen LogP) is 8.14. The molecule has 1 unspecified atom stereocenters. The minimum Gasteiger partial charge on any atom is -0.231 e. The number of rotatable bonds is 6. The zero-order valence-electron chi connectivity index (χ0n) is 18.4. The van der Waals surface area contributed by atoms with E-state index in [-0.39, 0.29) is 28.8 Å². The fourth-order valence-corrected chi connectivity index (χ4v) is 5.56. The molecule has 5 rings (SSSR count). The summed E-state index contributed by atoms with van der Waals surface area (Å²) in [6, 6.07) is 19.6. The second-order valence-electron chi connectivity index (χ2n) is 8.45. The normalized spacial score (nSPS) is 15.6. The summed E-state index contributed by atoms with van der Waals surface area (Å²) in [5.41, 5.74) is 5.50. The third-order valence-electron chi connectivity index (χ3n) is 5.55. The van der Waals surface area contributed by atoms with Crippen LogP contribution >= 0.6 is 39.7 Å². The van der Waals surface area contributed by atoms with Gasteiger partial charge in [0.25, 0.3) is 0 Å². The molecule has 33 heavy (non-hydrogen) atoms. The summed E-state index contributed by atoms with van der Waals surface area (Å²) in [6.45, 7) is 4.47. The third-order valence-corrected chi connectivity index (χ3v) is 7.30. The van der Waals surface area contributed by atoms with Crippen LogP contribution in [-0.4, -0.2) is 10.7 Å². The van der Waals surface area contributed by atoms with Gasteiger partial charge in [-0.25, -0.2) is 14.4 Å². The van der Waals surface area contributed by atoms with Crippen LogP contribution in [0, 0.1) is 11.7 Å². The van der Waals surface area contributed by atoms with Crippen LogP contribution in [0.25, 0.3) is 11.3 Å². The molecule has 4 aromatic rings. The van der Waals surface area contributed by atoms with Crippen LogP contribution in [0.1, 0.15) is 42.3 Å². The molecule has 3 heterocycles. The summed E-state index contributed by atoms with van der Waals surface area (Å²) in [5.74, 6) is 0.413. The highest BCUT2D eigenvalue weighted by atomic mass is 79.9. The molecule has 1 aliphatic rings. The minimum absolute atomic E-state index is 0. The highest BCUT2D eigenvalue weighted by molar-refractivity contribution is 8.93. The molecule has 0 amide bonds. The van der Waals surface area contributed by atoms with Gasteiger partial charge in [-0.05, 0) is 47.0 Å². The highest BCUT2D eigenvalue weighted by Crippen LogP contribution is 2.40. The van der Waals surface area contributed by atoms with Gasteiger partial charge in [-0.1, -0.05) is 56.3 Å². The number of benzene rings is 2. The van der Waals surface area contributed by atoms with Crippen LogP contribution in [-0.2, 0) is 6.42 Å². The number of hydrazone groups is 1. The summed E-state index contributed by atoms with van der Waals surface area (Å²) in [7, 11) is 0. The standard InChI is InChI=1S/C26H24FN3S2.BrH/c1-17(2)14-18-5-7-19(8-6-18)23-16-32-26(28-23)30-24(20-9-11-21(27)12-10-20)15-22(29-30)25-4-3-13-31-25;/h3-13,16-17,24H,14-15H2,1-2H3;1H. The summed E-state index contributed by atoms with van der Waals surface area (Å²) < 4.78 is 13.5. The second kappa shape index (κ2) is 10.3. The number of thiophene rings is 1. The van der Waals surface area contributed by atoms with Gasteiger partial charge in [0, 0.05) is 17.4 Å². The van der Waals surface area contributed by atoms with E-state index in [2.05, 4.69) is 54.9 Å². The molecule has 7 heteroatoms. The van der Waals surface area contributed by atoms with Gasteiger partial charge in [-0.2, -0.15) is 5.10 Å². The first-order chi connectivity index (χ1) is 15.6. The lowest BCUT2D eigenvalue weighted by molar-refractivity contribution is 0.624. The molecule has 2 aromatic heterocycles. The number of nitrogens with zero attached hydrogens (tertiary/aromatic N) is 3. The molecule has 0 radical (unpaired) electrons. The van der Waals surface area contributed by atoms with E-state index in [1.165, 1.54) is 17.7 Å². The maximum absolute atomic E-state index is 13.5. The van der Waals surface area contributed by atoms with Crippen molar-refractivity contribution in [3.63, 3.8) is 0 Å². The minimum atomic E-state index is -0.227. The molecule has 170 valence electrons. The van der Waals surface area contributed by atoms with Crippen molar-refractivity contribution >= 4 is 50.5 Å². The van der Waals surface area contributed by atoms with E-state index in [0.29, 0.717) is 5.92 Å². The fourth-order valence-electron chi connectivity index (χ4n) is 4.01. The largest absolute Gasteiger partial charge is 0.231 e. The predicted molar refractivity (Wildman–Crippen MR) is 144 cm³/mol. The lowest BCUT2D eigenvalue weighted by Crippen LogP contribution is -2.18. The van der Waals surface area contributed by atoms with Crippen molar-refractivity contribution in [3.05, 3.63) is 93.2 Å². The van der Waals surface area contributed by atoms with Crippen LogP contribution in [0.15, 0.2) is 76.5 Å². The molecule has 0 fully saturated rings. The Kier molecular flexibility index (Phi) is 7.41. The topological polar surface area (TPSA) is 28.5 Å². The van der Waals surface area contributed by atoms with Crippen molar-refractivity contribution in [2.45, 2.75) is 32.7 Å². The molecule has 0 aliphatic carbocycles. The Morgan fingerprint density at radius 3 is 2.45 bits per heavy atom. The molecule has 2 aromatic carbocycles. The van der Waals surface area contributed by atoms with Crippen molar-refractivity contribution < 1.29 is 4.39 Å². The van der Waals surface area contributed by atoms with E-state index >= 15 is 0 Å². The Morgan fingerprint density at radius 2 is 1.79 bits per heavy atom. The first kappa shape index (κ1) is 23.8. The van der Waals surface area contributed by atoms with E-state index in [0.717, 1.165) is 45.4 Å². The molecule has 0 N–H and O–H groups in total. The van der Waals surface area contributed by atoms with E-state index in [4.69, 9.17) is 10.1 Å². The van der Waals surface area contributed by atoms with Crippen LogP contribution in [0.5, 0.6) is 0 Å². The van der Waals surface area contributed by atoms with Crippen molar-refractivity contribution in [2.75, 3.05) is 5.01 Å². The van der Waals surface area contributed by atoms with Crippen molar-refractivity contribution in [1.82, 2.24) is 4.98 Å². The average Bonchev–Trinajstić information content (AvgIpc) is 3.54. The Morgan fingerprint density at radius 1 is 1.03 bits per heavy atom. The zero-order valence-corrected chi connectivity index (χ0v) is 21.8. The molecule has 3 nitrogen and oxygen atoms in total. The lowest BCUT2D eigenvalue weighted by atomic mass is 10.0. The molecule has 0 saturated carbocycles. The first-order valence-electron chi connectivity index (χ1n) is 10.8. The van der Waals surface area contributed by atoms with Gasteiger partial charge in [0.1, 0.15) is 5.82 Å². The lowest BCUT2D eigenvalue weighted by Gasteiger charge is -2.21. The maximum Gasteiger partial charge on any atom is 0.207 e. The van der Waals surface area contributed by atoms with Gasteiger partial charge in [0.05, 0.1) is 22.3 Å². The van der Waals surface area contributed by atoms with Gasteiger partial charge in [-0.15, -0.1) is 39.7 Å². The fraction of sp³-hybridized carbons (Fsp3) is 0.231. The van der Waals surface area contributed by atoms with Crippen LogP contribution in [0.4, 0.5) is 9.52 Å². The quantitative estimate of drug-likeness (QED) is 0.246. The monoisotopic (exact) mass is 541 g/mol. The summed E-state index contributed by atoms with van der Waals surface area (Å²) in [4.78, 5) is 6.09. The summed E-state index contributed by atoms with van der Waals surface area (Å²) >= 11 is 3.28. The Balaban J connectivity index is 0.00000259. The Labute approximate surface area is 212 Å². The Hall–Kier alpha value is -2.35. The summed E-state index contributed by atoms with van der Waals surface area (Å²) in [5, 5.41) is 12.0. The number of anilines is 1. The number of hydrogen-bond acceptors (Lipinski definition) is 5. The molecular formula is C26H25BrFN3S2. The molecule has 0 spiro atoms. The van der Waals surface area contributed by atoms with Crippen molar-refractivity contribution in [3.8, 4) is 11.3 Å². The zero-order chi connectivity index (χ0) is 22.1. The highest BCUT2D eigenvalue weighted by Gasteiger charge is 2.32. The van der Waals surface area contributed by atoms with Gasteiger partial charge in [0.2, 0.25) is 5.13 Å². The van der Waals surface area contributed by atoms with Crippen LogP contribution in [0.3, 0.4) is 0 Å². The van der Waals surface area contributed by atoms with Gasteiger partial charge < -0.3 is 0 Å². The van der Waals surface area contributed by atoms with Crippen LogP contribution < -0.4 is 5.01 Å². The number of thiazole rings is 1. The Bertz CT molecular complexity index is 1220. The smallest absolute Gasteiger partial charge is 0.207 e. The van der Waals surface area contributed by atoms with Gasteiger partial charge in [0.15, 0.2) is 0 Å². The number of halogens is 2. The van der Waals surface area contributed by atoms with Crippen LogP contribution in [0.2, 0.25) is 0 Å². The molecule has 1 aliphatic heterocycles. The van der Waals surface area contributed by atoms with Gasteiger partial charge >= 0.3 is 0 Å². The van der Waals surface area contributed by atoms with E-state index in [9.17, 15) is 4.39 Å². The molecule has 1 atom stereocenters. The van der Waals surface area contributed by atoms with E-state index in [1.54, 1.807) is 22.7 Å². The average molecular weight is 543 g/mol. The molecule has 0 bridgehead atoms. The molecule has 0 saturated heterocycles. The maximum atomic E-state index is 13.5. The number of hydrogen-bond donors (Lipinski definition) is 0. The van der Waals surface area contributed by atoms with E-state index in [1.807, 2.05) is 23.2 Å². The second-order valence-corrected chi connectivity index (χ2v) is 10.2.